The number of hydrogen-bond donors (Lipinski definition) is 0. The highest BCUT2D eigenvalue weighted by molar-refractivity contribution is 6.31. The molecule has 1 amide bonds. The van der Waals surface area contributed by atoms with Crippen molar-refractivity contribution in [2.45, 2.75) is 25.8 Å². The summed E-state index contributed by atoms with van der Waals surface area (Å²) < 4.78 is 2.22. The number of carbonyl (C=O) groups is 1. The van der Waals surface area contributed by atoms with Gasteiger partial charge in [-0.3, -0.25) is 4.79 Å². The molecular weight excluding hydrogens is 394 g/mol. The third-order valence-corrected chi connectivity index (χ3v) is 6.17. The molecule has 4 aromatic rings. The van der Waals surface area contributed by atoms with Gasteiger partial charge in [-0.05, 0) is 42.8 Å². The number of nitrogens with zero attached hydrogens (tertiary/aromatic N) is 3. The van der Waals surface area contributed by atoms with E-state index in [2.05, 4.69) is 17.6 Å². The highest BCUT2D eigenvalue weighted by Gasteiger charge is 2.34. The van der Waals surface area contributed by atoms with Gasteiger partial charge in [0.25, 0.3) is 0 Å². The van der Waals surface area contributed by atoms with E-state index in [4.69, 9.17) is 16.6 Å². The lowest BCUT2D eigenvalue weighted by molar-refractivity contribution is -0.117. The molecular formula is C25H22ClN3O. The molecule has 1 unspecified atom stereocenters. The third-order valence-electron chi connectivity index (χ3n) is 5.81. The van der Waals surface area contributed by atoms with Crippen LogP contribution in [0.3, 0.4) is 0 Å². The first-order valence-corrected chi connectivity index (χ1v) is 10.5. The number of anilines is 1. The molecule has 0 N–H and O–H groups in total. The number of aromatic nitrogens is 2. The SMILES string of the molecule is Cc1ccc(N2CC(c3nc4ccccc4n3Cc3ccccc3Cl)CC2=O)cc1. The molecule has 0 radical (unpaired) electrons. The second-order valence-electron chi connectivity index (χ2n) is 7.88. The van der Waals surface area contributed by atoms with Crippen LogP contribution >= 0.6 is 11.6 Å². The van der Waals surface area contributed by atoms with Crippen LogP contribution in [0.5, 0.6) is 0 Å². The fraction of sp³-hybridized carbons (Fsp3) is 0.200. The Morgan fingerprint density at radius 2 is 1.73 bits per heavy atom. The van der Waals surface area contributed by atoms with E-state index in [1.54, 1.807) is 0 Å². The van der Waals surface area contributed by atoms with Crippen molar-refractivity contribution in [1.29, 1.82) is 0 Å². The van der Waals surface area contributed by atoms with Crippen LogP contribution in [0, 0.1) is 6.92 Å². The summed E-state index contributed by atoms with van der Waals surface area (Å²) in [5, 5.41) is 0.741. The second-order valence-corrected chi connectivity index (χ2v) is 8.28. The van der Waals surface area contributed by atoms with E-state index in [0.29, 0.717) is 19.5 Å². The van der Waals surface area contributed by atoms with Gasteiger partial charge in [-0.2, -0.15) is 0 Å². The highest BCUT2D eigenvalue weighted by Crippen LogP contribution is 2.34. The predicted octanol–water partition coefficient (Wildman–Crippen LogP) is 5.57. The minimum absolute atomic E-state index is 0.0358. The van der Waals surface area contributed by atoms with Crippen LogP contribution in [0.15, 0.2) is 72.8 Å². The summed E-state index contributed by atoms with van der Waals surface area (Å²) in [4.78, 5) is 19.7. The standard InChI is InChI=1S/C25H22ClN3O/c1-17-10-12-20(13-11-17)28-16-19(14-24(28)30)25-27-22-8-4-5-9-23(22)29(25)15-18-6-2-3-7-21(18)26/h2-13,19H,14-16H2,1H3. The lowest BCUT2D eigenvalue weighted by Gasteiger charge is -2.18. The van der Waals surface area contributed by atoms with E-state index in [9.17, 15) is 4.79 Å². The molecule has 1 aliphatic heterocycles. The topological polar surface area (TPSA) is 38.1 Å². The molecule has 1 atom stereocenters. The molecule has 5 heteroatoms. The third kappa shape index (κ3) is 3.37. The van der Waals surface area contributed by atoms with E-state index in [1.807, 2.05) is 71.6 Å². The Labute approximate surface area is 180 Å². The number of carbonyl (C=O) groups excluding carboxylic acids is 1. The Hall–Kier alpha value is -3.11. The molecule has 1 aromatic heterocycles. The van der Waals surface area contributed by atoms with Crippen molar-refractivity contribution >= 4 is 34.2 Å². The molecule has 0 spiro atoms. The van der Waals surface area contributed by atoms with E-state index in [1.165, 1.54) is 5.56 Å². The second kappa shape index (κ2) is 7.62. The van der Waals surface area contributed by atoms with E-state index < -0.39 is 0 Å². The lowest BCUT2D eigenvalue weighted by atomic mass is 10.1. The molecule has 1 aliphatic rings. The van der Waals surface area contributed by atoms with Crippen LogP contribution in [0.4, 0.5) is 5.69 Å². The lowest BCUT2D eigenvalue weighted by Crippen LogP contribution is -2.24. The van der Waals surface area contributed by atoms with Gasteiger partial charge in [-0.1, -0.05) is 59.6 Å². The summed E-state index contributed by atoms with van der Waals surface area (Å²) in [6.45, 7) is 3.31. The number of rotatable bonds is 4. The minimum Gasteiger partial charge on any atom is -0.323 e. The molecule has 5 rings (SSSR count). The first-order valence-electron chi connectivity index (χ1n) is 10.2. The first kappa shape index (κ1) is 18.9. The average molecular weight is 416 g/mol. The van der Waals surface area contributed by atoms with E-state index >= 15 is 0 Å². The van der Waals surface area contributed by atoms with Crippen LogP contribution in [-0.4, -0.2) is 22.0 Å². The quantitative estimate of drug-likeness (QED) is 0.437. The number of hydrogen-bond acceptors (Lipinski definition) is 2. The number of halogens is 1. The summed E-state index contributed by atoms with van der Waals surface area (Å²) in [6, 6.07) is 24.1. The summed E-state index contributed by atoms with van der Waals surface area (Å²) in [7, 11) is 0. The van der Waals surface area contributed by atoms with E-state index in [-0.39, 0.29) is 11.8 Å². The van der Waals surface area contributed by atoms with Gasteiger partial charge in [-0.15, -0.1) is 0 Å². The van der Waals surface area contributed by atoms with Gasteiger partial charge in [0.2, 0.25) is 5.91 Å². The van der Waals surface area contributed by atoms with E-state index in [0.717, 1.165) is 33.1 Å². The van der Waals surface area contributed by atoms with Crippen molar-refractivity contribution in [3.8, 4) is 0 Å². The summed E-state index contributed by atoms with van der Waals surface area (Å²) in [5.41, 5.74) is 5.18. The maximum atomic E-state index is 12.9. The van der Waals surface area contributed by atoms with Crippen molar-refractivity contribution < 1.29 is 4.79 Å². The first-order chi connectivity index (χ1) is 14.6. The Balaban J connectivity index is 1.53. The van der Waals surface area contributed by atoms with Crippen molar-refractivity contribution in [2.24, 2.45) is 0 Å². The Kier molecular flexibility index (Phi) is 4.80. The molecule has 4 nitrogen and oxygen atoms in total. The fourth-order valence-electron chi connectivity index (χ4n) is 4.22. The molecule has 0 saturated carbocycles. The van der Waals surface area contributed by atoms with Crippen molar-refractivity contribution in [2.75, 3.05) is 11.4 Å². The van der Waals surface area contributed by atoms with Crippen molar-refractivity contribution in [1.82, 2.24) is 9.55 Å². The van der Waals surface area contributed by atoms with Crippen LogP contribution < -0.4 is 4.90 Å². The molecule has 30 heavy (non-hydrogen) atoms. The molecule has 1 saturated heterocycles. The zero-order valence-corrected chi connectivity index (χ0v) is 17.5. The highest BCUT2D eigenvalue weighted by atomic mass is 35.5. The summed E-state index contributed by atoms with van der Waals surface area (Å²) in [6.07, 6.45) is 0.458. The van der Waals surface area contributed by atoms with Gasteiger partial charge in [-0.25, -0.2) is 4.98 Å². The minimum atomic E-state index is 0.0358. The molecule has 1 fully saturated rings. The smallest absolute Gasteiger partial charge is 0.227 e. The number of fused-ring (bicyclic) bond motifs is 1. The van der Waals surface area contributed by atoms with Gasteiger partial charge < -0.3 is 9.47 Å². The van der Waals surface area contributed by atoms with Crippen molar-refractivity contribution in [3.63, 3.8) is 0 Å². The Bertz CT molecular complexity index is 1230. The van der Waals surface area contributed by atoms with Gasteiger partial charge in [0.15, 0.2) is 0 Å². The molecule has 0 bridgehead atoms. The summed E-state index contributed by atoms with van der Waals surface area (Å²) >= 11 is 6.45. The zero-order chi connectivity index (χ0) is 20.7. The largest absolute Gasteiger partial charge is 0.323 e. The maximum Gasteiger partial charge on any atom is 0.227 e. The number of benzene rings is 3. The van der Waals surface area contributed by atoms with Crippen molar-refractivity contribution in [3.05, 3.63) is 94.8 Å². The summed E-state index contributed by atoms with van der Waals surface area (Å²) in [5.74, 6) is 1.12. The zero-order valence-electron chi connectivity index (χ0n) is 16.8. The number of amides is 1. The number of imidazole rings is 1. The normalized spacial score (nSPS) is 16.5. The monoisotopic (exact) mass is 415 g/mol. The fourth-order valence-corrected chi connectivity index (χ4v) is 4.42. The maximum absolute atomic E-state index is 12.9. The Morgan fingerprint density at radius 1 is 1.00 bits per heavy atom. The average Bonchev–Trinajstić information content (AvgIpc) is 3.31. The molecule has 3 aromatic carbocycles. The van der Waals surface area contributed by atoms with Crippen LogP contribution in [-0.2, 0) is 11.3 Å². The molecule has 2 heterocycles. The molecule has 0 aliphatic carbocycles. The van der Waals surface area contributed by atoms with Gasteiger partial charge >= 0.3 is 0 Å². The number of aryl methyl sites for hydroxylation is 1. The Morgan fingerprint density at radius 3 is 2.53 bits per heavy atom. The van der Waals surface area contributed by atoms with Gasteiger partial charge in [0, 0.05) is 29.6 Å². The van der Waals surface area contributed by atoms with Crippen LogP contribution in [0.1, 0.15) is 29.3 Å². The predicted molar refractivity (Wildman–Crippen MR) is 121 cm³/mol. The van der Waals surface area contributed by atoms with Crippen LogP contribution in [0.25, 0.3) is 11.0 Å². The number of para-hydroxylation sites is 2. The van der Waals surface area contributed by atoms with Gasteiger partial charge in [0.05, 0.1) is 17.6 Å². The van der Waals surface area contributed by atoms with Crippen LogP contribution in [0.2, 0.25) is 5.02 Å². The van der Waals surface area contributed by atoms with Gasteiger partial charge in [0.1, 0.15) is 5.82 Å². The molecule has 150 valence electrons.